The molecule has 6 nitrogen and oxygen atoms in total. The highest BCUT2D eigenvalue weighted by atomic mass is 16.3. The maximum Gasteiger partial charge on any atom is 0.170 e. The normalized spacial score (nSPS) is 12.5. The summed E-state index contributed by atoms with van der Waals surface area (Å²) in [5, 5.41) is 15.2. The summed E-state index contributed by atoms with van der Waals surface area (Å²) in [5.41, 5.74) is 0.945. The molecule has 0 fully saturated rings. The number of para-hydroxylation sites is 1. The van der Waals surface area contributed by atoms with Crippen LogP contribution in [0.15, 0.2) is 46.9 Å². The van der Waals surface area contributed by atoms with Crippen LogP contribution >= 0.6 is 0 Å². The zero-order valence-corrected chi connectivity index (χ0v) is 12.0. The van der Waals surface area contributed by atoms with Crippen LogP contribution in [-0.2, 0) is 6.54 Å². The average molecular weight is 283 g/mol. The molecule has 1 aromatic carbocycles. The maximum atomic E-state index is 5.61. The highest BCUT2D eigenvalue weighted by Gasteiger charge is 2.12. The van der Waals surface area contributed by atoms with Crippen molar-refractivity contribution in [3.8, 4) is 5.69 Å². The summed E-state index contributed by atoms with van der Waals surface area (Å²) in [4.78, 5) is 0. The monoisotopic (exact) mass is 283 g/mol. The number of tetrazole rings is 1. The van der Waals surface area contributed by atoms with Gasteiger partial charge in [0, 0.05) is 0 Å². The Morgan fingerprint density at radius 3 is 2.71 bits per heavy atom. The second-order valence-corrected chi connectivity index (χ2v) is 4.89. The summed E-state index contributed by atoms with van der Waals surface area (Å²) < 4.78 is 7.34. The van der Waals surface area contributed by atoms with E-state index in [1.54, 1.807) is 4.68 Å². The zero-order valence-electron chi connectivity index (χ0n) is 12.0. The Morgan fingerprint density at radius 1 is 1.19 bits per heavy atom. The molecule has 1 N–H and O–H groups in total. The van der Waals surface area contributed by atoms with Crippen molar-refractivity contribution >= 4 is 0 Å². The van der Waals surface area contributed by atoms with Crippen LogP contribution in [-0.4, -0.2) is 20.2 Å². The molecule has 0 aliphatic heterocycles. The van der Waals surface area contributed by atoms with Gasteiger partial charge in [0.05, 0.1) is 18.3 Å². The number of aromatic nitrogens is 4. The fraction of sp³-hybridized carbons (Fsp3) is 0.267. The molecule has 0 spiro atoms. The molecular weight excluding hydrogens is 266 g/mol. The standard InChI is InChI=1S/C15H17N5O/c1-11-8-9-14(21-11)12(2)16-10-15-17-18-19-20(15)13-6-4-3-5-7-13/h3-9,12,16H,10H2,1-2H3. The van der Waals surface area contributed by atoms with Crippen LogP contribution in [0.1, 0.15) is 30.3 Å². The van der Waals surface area contributed by atoms with E-state index in [-0.39, 0.29) is 6.04 Å². The van der Waals surface area contributed by atoms with E-state index in [0.29, 0.717) is 6.54 Å². The average Bonchev–Trinajstić information content (AvgIpc) is 3.14. The number of benzene rings is 1. The first-order valence-corrected chi connectivity index (χ1v) is 6.86. The van der Waals surface area contributed by atoms with Crippen LogP contribution in [0.3, 0.4) is 0 Å². The Kier molecular flexibility index (Phi) is 3.79. The Hall–Kier alpha value is -2.47. The van der Waals surface area contributed by atoms with Gasteiger partial charge in [0.15, 0.2) is 5.82 Å². The molecule has 0 aliphatic carbocycles. The minimum absolute atomic E-state index is 0.0969. The fourth-order valence-corrected chi connectivity index (χ4v) is 2.12. The molecule has 0 aliphatic rings. The van der Waals surface area contributed by atoms with E-state index in [2.05, 4.69) is 27.8 Å². The number of nitrogens with zero attached hydrogens (tertiary/aromatic N) is 4. The van der Waals surface area contributed by atoms with E-state index in [0.717, 1.165) is 23.0 Å². The molecule has 108 valence electrons. The molecule has 3 aromatic rings. The van der Waals surface area contributed by atoms with Crippen molar-refractivity contribution in [3.63, 3.8) is 0 Å². The lowest BCUT2D eigenvalue weighted by Crippen LogP contribution is -2.20. The van der Waals surface area contributed by atoms with Crippen molar-refractivity contribution in [2.24, 2.45) is 0 Å². The number of aryl methyl sites for hydroxylation is 1. The minimum Gasteiger partial charge on any atom is -0.465 e. The van der Waals surface area contributed by atoms with Crippen molar-refractivity contribution in [1.29, 1.82) is 0 Å². The predicted octanol–water partition coefficient (Wildman–Crippen LogP) is 2.41. The Labute approximate surface area is 122 Å². The van der Waals surface area contributed by atoms with Gasteiger partial charge in [-0.25, -0.2) is 0 Å². The summed E-state index contributed by atoms with van der Waals surface area (Å²) >= 11 is 0. The Bertz CT molecular complexity index is 704. The number of furan rings is 1. The molecule has 6 heteroatoms. The van der Waals surface area contributed by atoms with E-state index in [4.69, 9.17) is 4.42 Å². The quantitative estimate of drug-likeness (QED) is 0.778. The van der Waals surface area contributed by atoms with Crippen molar-refractivity contribution in [3.05, 3.63) is 59.8 Å². The summed E-state index contributed by atoms with van der Waals surface area (Å²) in [7, 11) is 0. The lowest BCUT2D eigenvalue weighted by molar-refractivity contribution is 0.412. The van der Waals surface area contributed by atoms with Gasteiger partial charge in [-0.05, 0) is 48.5 Å². The Balaban J connectivity index is 1.70. The lowest BCUT2D eigenvalue weighted by Gasteiger charge is -2.11. The third-order valence-corrected chi connectivity index (χ3v) is 3.29. The van der Waals surface area contributed by atoms with Crippen LogP contribution in [0.5, 0.6) is 0 Å². The molecule has 0 saturated heterocycles. The smallest absolute Gasteiger partial charge is 0.170 e. The lowest BCUT2D eigenvalue weighted by atomic mass is 10.2. The van der Waals surface area contributed by atoms with Crippen molar-refractivity contribution in [2.45, 2.75) is 26.4 Å². The number of nitrogens with one attached hydrogen (secondary N) is 1. The van der Waals surface area contributed by atoms with Crippen molar-refractivity contribution in [2.75, 3.05) is 0 Å². The summed E-state index contributed by atoms with van der Waals surface area (Å²) in [6, 6.07) is 13.9. The van der Waals surface area contributed by atoms with Crippen LogP contribution in [0.25, 0.3) is 5.69 Å². The Morgan fingerprint density at radius 2 is 2.00 bits per heavy atom. The zero-order chi connectivity index (χ0) is 14.7. The number of rotatable bonds is 5. The van der Waals surface area contributed by atoms with Gasteiger partial charge in [0.2, 0.25) is 0 Å². The van der Waals surface area contributed by atoms with Gasteiger partial charge < -0.3 is 9.73 Å². The van der Waals surface area contributed by atoms with E-state index < -0.39 is 0 Å². The SMILES string of the molecule is Cc1ccc(C(C)NCc2nnnn2-c2ccccc2)o1. The molecule has 0 saturated carbocycles. The highest BCUT2D eigenvalue weighted by molar-refractivity contribution is 5.30. The van der Waals surface area contributed by atoms with Gasteiger partial charge in [-0.1, -0.05) is 18.2 Å². The number of hydrogen-bond acceptors (Lipinski definition) is 5. The summed E-state index contributed by atoms with van der Waals surface area (Å²) in [6.07, 6.45) is 0. The van der Waals surface area contributed by atoms with Gasteiger partial charge in [0.1, 0.15) is 11.5 Å². The number of hydrogen-bond donors (Lipinski definition) is 1. The maximum absolute atomic E-state index is 5.61. The molecule has 0 radical (unpaired) electrons. The predicted molar refractivity (Wildman–Crippen MR) is 77.9 cm³/mol. The third-order valence-electron chi connectivity index (χ3n) is 3.29. The fourth-order valence-electron chi connectivity index (χ4n) is 2.12. The first-order valence-electron chi connectivity index (χ1n) is 6.86. The van der Waals surface area contributed by atoms with Gasteiger partial charge >= 0.3 is 0 Å². The first kappa shape index (κ1) is 13.5. The third kappa shape index (κ3) is 3.00. The molecular formula is C15H17N5O. The second-order valence-electron chi connectivity index (χ2n) is 4.89. The molecule has 1 atom stereocenters. The molecule has 1 unspecified atom stereocenters. The van der Waals surface area contributed by atoms with E-state index in [1.807, 2.05) is 49.4 Å². The van der Waals surface area contributed by atoms with Crippen LogP contribution in [0, 0.1) is 6.92 Å². The van der Waals surface area contributed by atoms with E-state index in [9.17, 15) is 0 Å². The topological polar surface area (TPSA) is 68.8 Å². The van der Waals surface area contributed by atoms with Crippen LogP contribution in [0.2, 0.25) is 0 Å². The molecule has 0 bridgehead atoms. The van der Waals surface area contributed by atoms with Gasteiger partial charge in [-0.3, -0.25) is 0 Å². The van der Waals surface area contributed by atoms with Crippen LogP contribution in [0.4, 0.5) is 0 Å². The summed E-state index contributed by atoms with van der Waals surface area (Å²) in [6.45, 7) is 4.55. The first-order chi connectivity index (χ1) is 10.2. The minimum atomic E-state index is 0.0969. The largest absolute Gasteiger partial charge is 0.465 e. The van der Waals surface area contributed by atoms with E-state index in [1.165, 1.54) is 0 Å². The molecule has 21 heavy (non-hydrogen) atoms. The summed E-state index contributed by atoms with van der Waals surface area (Å²) in [5.74, 6) is 2.58. The van der Waals surface area contributed by atoms with Gasteiger partial charge in [-0.2, -0.15) is 4.68 Å². The second kappa shape index (κ2) is 5.88. The molecule has 2 aromatic heterocycles. The van der Waals surface area contributed by atoms with Crippen molar-refractivity contribution in [1.82, 2.24) is 25.5 Å². The van der Waals surface area contributed by atoms with Gasteiger partial charge in [0.25, 0.3) is 0 Å². The molecule has 3 rings (SSSR count). The molecule has 2 heterocycles. The molecule has 0 amide bonds. The van der Waals surface area contributed by atoms with Crippen molar-refractivity contribution < 1.29 is 4.42 Å². The van der Waals surface area contributed by atoms with Crippen LogP contribution < -0.4 is 5.32 Å². The van der Waals surface area contributed by atoms with Gasteiger partial charge in [-0.15, -0.1) is 5.10 Å². The highest BCUT2D eigenvalue weighted by Crippen LogP contribution is 2.16. The van der Waals surface area contributed by atoms with E-state index >= 15 is 0 Å².